The number of nitrogens with one attached hydrogen (secondary N) is 1. The minimum Gasteiger partial charge on any atom is -0.337 e. The fraction of sp³-hybridized carbons (Fsp3) is 0.438. The molecule has 0 radical (unpaired) electrons. The predicted molar refractivity (Wildman–Crippen MR) is 89.7 cm³/mol. The van der Waals surface area contributed by atoms with E-state index in [9.17, 15) is 13.2 Å². The van der Waals surface area contributed by atoms with Crippen LogP contribution in [0.3, 0.4) is 0 Å². The van der Waals surface area contributed by atoms with Gasteiger partial charge in [0.05, 0.1) is 4.90 Å². The first-order chi connectivity index (χ1) is 11.2. The Balaban J connectivity index is 2.48. The summed E-state index contributed by atoms with van der Waals surface area (Å²) < 4.78 is 25.7. The molecule has 1 amide bonds. The van der Waals surface area contributed by atoms with Gasteiger partial charge in [0.15, 0.2) is 0 Å². The highest BCUT2D eigenvalue weighted by Crippen LogP contribution is 2.26. The molecule has 0 spiro atoms. The van der Waals surface area contributed by atoms with Gasteiger partial charge in [0, 0.05) is 13.1 Å². The highest BCUT2D eigenvalue weighted by molar-refractivity contribution is 7.91. The van der Waals surface area contributed by atoms with Crippen LogP contribution in [0.2, 0.25) is 0 Å². The number of rotatable bonds is 5. The number of aromatic nitrogens is 3. The van der Waals surface area contributed by atoms with Crippen molar-refractivity contribution in [3.8, 4) is 0 Å². The Kier molecular flexibility index (Phi) is 5.08. The van der Waals surface area contributed by atoms with E-state index in [1.165, 1.54) is 0 Å². The maximum Gasteiger partial charge on any atom is 0.291 e. The van der Waals surface area contributed by atoms with E-state index in [1.54, 1.807) is 30.9 Å². The lowest BCUT2D eigenvalue weighted by molar-refractivity contribution is 0.0761. The summed E-state index contributed by atoms with van der Waals surface area (Å²) in [6, 6.07) is 3.60. The van der Waals surface area contributed by atoms with Crippen LogP contribution in [0.1, 0.15) is 41.2 Å². The quantitative estimate of drug-likeness (QED) is 0.890. The van der Waals surface area contributed by atoms with Crippen LogP contribution in [0.15, 0.2) is 22.2 Å². The van der Waals surface area contributed by atoms with Crippen molar-refractivity contribution in [1.29, 1.82) is 0 Å². The number of benzene rings is 1. The third-order valence-corrected chi connectivity index (χ3v) is 5.68. The van der Waals surface area contributed by atoms with E-state index in [-0.39, 0.29) is 21.8 Å². The summed E-state index contributed by atoms with van der Waals surface area (Å²) in [5.74, 6) is -0.439. The van der Waals surface area contributed by atoms with Gasteiger partial charge in [0.25, 0.3) is 11.1 Å². The molecule has 1 N–H and O–H groups in total. The van der Waals surface area contributed by atoms with E-state index in [2.05, 4.69) is 15.2 Å². The van der Waals surface area contributed by atoms with Crippen LogP contribution in [0.25, 0.3) is 0 Å². The van der Waals surface area contributed by atoms with E-state index in [4.69, 9.17) is 0 Å². The number of hydrogen-bond donors (Lipinski definition) is 1. The highest BCUT2D eigenvalue weighted by atomic mass is 32.2. The van der Waals surface area contributed by atoms with E-state index in [1.807, 2.05) is 20.8 Å². The second kappa shape index (κ2) is 6.72. The third kappa shape index (κ3) is 3.19. The molecule has 2 rings (SSSR count). The maximum atomic E-state index is 12.9. The van der Waals surface area contributed by atoms with E-state index in [0.717, 1.165) is 5.56 Å². The summed E-state index contributed by atoms with van der Waals surface area (Å²) in [6.07, 6.45) is 0. The van der Waals surface area contributed by atoms with Crippen molar-refractivity contribution in [2.45, 2.75) is 44.7 Å². The summed E-state index contributed by atoms with van der Waals surface area (Å²) in [5.41, 5.74) is 2.25. The summed E-state index contributed by atoms with van der Waals surface area (Å²) >= 11 is 0. The van der Waals surface area contributed by atoms with Gasteiger partial charge < -0.3 is 4.90 Å². The number of sulfone groups is 1. The van der Waals surface area contributed by atoms with Gasteiger partial charge in [-0.15, -0.1) is 5.10 Å². The molecule has 0 saturated heterocycles. The average molecular weight is 350 g/mol. The highest BCUT2D eigenvalue weighted by Gasteiger charge is 2.28. The number of carbonyl (C=O) groups is 1. The van der Waals surface area contributed by atoms with Crippen molar-refractivity contribution in [3.05, 3.63) is 34.6 Å². The van der Waals surface area contributed by atoms with E-state index in [0.29, 0.717) is 24.2 Å². The largest absolute Gasteiger partial charge is 0.337 e. The van der Waals surface area contributed by atoms with Crippen LogP contribution in [0, 0.1) is 20.8 Å². The standard InChI is InChI=1S/C16H22N4O3S/c1-6-20(7-2)15(21)14-17-16(19-18-14)24(22,23)13-11(4)8-10(3)9-12(13)5/h8-9H,6-7H2,1-5H3,(H,17,18,19). The van der Waals surface area contributed by atoms with Gasteiger partial charge >= 0.3 is 0 Å². The molecule has 1 aromatic carbocycles. The molecule has 0 aliphatic carbocycles. The average Bonchev–Trinajstić information content (AvgIpc) is 2.97. The lowest BCUT2D eigenvalue weighted by atomic mass is 10.1. The zero-order valence-corrected chi connectivity index (χ0v) is 15.4. The first kappa shape index (κ1) is 18.1. The molecule has 2 aromatic rings. The summed E-state index contributed by atoms with van der Waals surface area (Å²) in [6.45, 7) is 10.1. The Morgan fingerprint density at radius 1 is 1.12 bits per heavy atom. The zero-order chi connectivity index (χ0) is 18.1. The lowest BCUT2D eigenvalue weighted by Crippen LogP contribution is -2.31. The Bertz CT molecular complexity index is 844. The number of aryl methyl sites for hydroxylation is 3. The fourth-order valence-electron chi connectivity index (χ4n) is 2.80. The molecule has 130 valence electrons. The third-order valence-electron chi connectivity index (χ3n) is 3.83. The minimum atomic E-state index is -3.89. The van der Waals surface area contributed by atoms with Gasteiger partial charge in [-0.2, -0.15) is 4.98 Å². The van der Waals surface area contributed by atoms with Crippen LogP contribution >= 0.6 is 0 Å². The van der Waals surface area contributed by atoms with Crippen molar-refractivity contribution in [3.63, 3.8) is 0 Å². The zero-order valence-electron chi connectivity index (χ0n) is 14.5. The number of nitrogens with zero attached hydrogens (tertiary/aromatic N) is 3. The second-order valence-electron chi connectivity index (χ2n) is 5.68. The normalized spacial score (nSPS) is 11.5. The van der Waals surface area contributed by atoms with Crippen molar-refractivity contribution < 1.29 is 13.2 Å². The van der Waals surface area contributed by atoms with Gasteiger partial charge in [0.2, 0.25) is 15.7 Å². The molecule has 24 heavy (non-hydrogen) atoms. The molecule has 0 aliphatic heterocycles. The molecule has 8 heteroatoms. The molecule has 0 fully saturated rings. The van der Waals surface area contributed by atoms with Crippen molar-refractivity contribution in [1.82, 2.24) is 20.1 Å². The number of aromatic amines is 1. The molecule has 0 saturated carbocycles. The summed E-state index contributed by atoms with van der Waals surface area (Å²) in [7, 11) is -3.89. The van der Waals surface area contributed by atoms with Crippen LogP contribution in [-0.2, 0) is 9.84 Å². The molecular formula is C16H22N4O3S. The fourth-order valence-corrected chi connectivity index (χ4v) is 4.33. The SMILES string of the molecule is CCN(CC)C(=O)c1nc(S(=O)(=O)c2c(C)cc(C)cc2C)n[nH]1. The van der Waals surface area contributed by atoms with Crippen LogP contribution in [0.5, 0.6) is 0 Å². The Hall–Kier alpha value is -2.22. The van der Waals surface area contributed by atoms with Crippen molar-refractivity contribution >= 4 is 15.7 Å². The number of H-pyrrole nitrogens is 1. The Labute approximate surface area is 142 Å². The molecule has 0 aliphatic rings. The van der Waals surface area contributed by atoms with Crippen LogP contribution in [-0.4, -0.2) is 47.5 Å². The Morgan fingerprint density at radius 2 is 1.67 bits per heavy atom. The van der Waals surface area contributed by atoms with Gasteiger partial charge in [-0.1, -0.05) is 17.7 Å². The van der Waals surface area contributed by atoms with Gasteiger partial charge in [-0.3, -0.25) is 9.89 Å². The first-order valence-electron chi connectivity index (χ1n) is 7.77. The van der Waals surface area contributed by atoms with Crippen molar-refractivity contribution in [2.24, 2.45) is 0 Å². The molecular weight excluding hydrogens is 328 g/mol. The molecule has 7 nitrogen and oxygen atoms in total. The topological polar surface area (TPSA) is 96.0 Å². The lowest BCUT2D eigenvalue weighted by Gasteiger charge is -2.16. The van der Waals surface area contributed by atoms with E-state index < -0.39 is 9.84 Å². The number of carbonyl (C=O) groups excluding carboxylic acids is 1. The van der Waals surface area contributed by atoms with Gasteiger partial charge in [-0.05, 0) is 45.7 Å². The molecule has 0 unspecified atom stereocenters. The number of amides is 1. The summed E-state index contributed by atoms with van der Waals surface area (Å²) in [5, 5.41) is 5.84. The Morgan fingerprint density at radius 3 is 2.17 bits per heavy atom. The molecule has 0 bridgehead atoms. The number of hydrogen-bond acceptors (Lipinski definition) is 5. The van der Waals surface area contributed by atoms with Crippen molar-refractivity contribution in [2.75, 3.05) is 13.1 Å². The van der Waals surface area contributed by atoms with Gasteiger partial charge in [0.1, 0.15) is 0 Å². The molecule has 0 atom stereocenters. The second-order valence-corrected chi connectivity index (χ2v) is 7.46. The maximum absolute atomic E-state index is 12.9. The van der Waals surface area contributed by atoms with Gasteiger partial charge in [-0.25, -0.2) is 8.42 Å². The molecule has 1 aromatic heterocycles. The monoisotopic (exact) mass is 350 g/mol. The first-order valence-corrected chi connectivity index (χ1v) is 9.25. The minimum absolute atomic E-state index is 0.0697. The molecule has 1 heterocycles. The summed E-state index contributed by atoms with van der Waals surface area (Å²) in [4.78, 5) is 17.9. The van der Waals surface area contributed by atoms with E-state index >= 15 is 0 Å². The van der Waals surface area contributed by atoms with Crippen LogP contribution < -0.4 is 0 Å². The predicted octanol–water partition coefficient (Wildman–Crippen LogP) is 2.04. The van der Waals surface area contributed by atoms with Crippen LogP contribution in [0.4, 0.5) is 0 Å². The smallest absolute Gasteiger partial charge is 0.291 e.